The van der Waals surface area contributed by atoms with Gasteiger partial charge in [0.05, 0.1) is 11.4 Å². The summed E-state index contributed by atoms with van der Waals surface area (Å²) < 4.78 is 0. The predicted molar refractivity (Wildman–Crippen MR) is 81.2 cm³/mol. The van der Waals surface area contributed by atoms with Gasteiger partial charge < -0.3 is 5.32 Å². The van der Waals surface area contributed by atoms with Gasteiger partial charge in [0.2, 0.25) is 0 Å². The molecule has 0 aromatic carbocycles. The molecule has 0 bridgehead atoms. The van der Waals surface area contributed by atoms with Crippen molar-refractivity contribution in [2.75, 3.05) is 0 Å². The van der Waals surface area contributed by atoms with E-state index in [0.29, 0.717) is 0 Å². The summed E-state index contributed by atoms with van der Waals surface area (Å²) in [4.78, 5) is 8.97. The quantitative estimate of drug-likeness (QED) is 0.869. The molecule has 0 aliphatic carbocycles. The zero-order valence-corrected chi connectivity index (χ0v) is 12.6. The van der Waals surface area contributed by atoms with Gasteiger partial charge in [-0.05, 0) is 32.4 Å². The largest absolute Gasteiger partial charge is 0.306 e. The smallest absolute Gasteiger partial charge is 0.142 e. The van der Waals surface area contributed by atoms with Crippen molar-refractivity contribution < 1.29 is 0 Å². The molecule has 0 amide bonds. The van der Waals surface area contributed by atoms with Gasteiger partial charge >= 0.3 is 0 Å². The summed E-state index contributed by atoms with van der Waals surface area (Å²) in [5.74, 6) is 0. The third kappa shape index (κ3) is 4.11. The molecule has 4 heteroatoms. The molecule has 0 spiro atoms. The molecule has 0 radical (unpaired) electrons. The van der Waals surface area contributed by atoms with Gasteiger partial charge in [0.15, 0.2) is 0 Å². The molecule has 0 unspecified atom stereocenters. The minimum absolute atomic E-state index is 0.170. The molecule has 2 rings (SSSR count). The lowest BCUT2D eigenvalue weighted by Crippen LogP contribution is -2.38. The molecule has 3 nitrogen and oxygen atoms in total. The summed E-state index contributed by atoms with van der Waals surface area (Å²) in [6, 6.07) is 5.91. The van der Waals surface area contributed by atoms with Crippen LogP contribution in [0.25, 0.3) is 10.7 Å². The van der Waals surface area contributed by atoms with Crippen LogP contribution in [0.2, 0.25) is 0 Å². The summed E-state index contributed by atoms with van der Waals surface area (Å²) in [5, 5.41) is 6.67. The lowest BCUT2D eigenvalue weighted by Gasteiger charge is -2.25. The standard InChI is InChI=1S/C15H21N3S/c1-4-8-15(2,3)17-10-12-11-19-14(18-12)13-7-5-6-9-16-13/h5-7,9,11,17H,4,8,10H2,1-3H3. The van der Waals surface area contributed by atoms with Crippen molar-refractivity contribution in [3.8, 4) is 10.7 Å². The molecule has 0 aliphatic heterocycles. The van der Waals surface area contributed by atoms with Crippen LogP contribution in [0.3, 0.4) is 0 Å². The molecule has 0 aliphatic rings. The van der Waals surface area contributed by atoms with E-state index in [1.54, 1.807) is 17.5 Å². The molecule has 19 heavy (non-hydrogen) atoms. The Morgan fingerprint density at radius 2 is 2.16 bits per heavy atom. The number of hydrogen-bond donors (Lipinski definition) is 1. The number of thiazole rings is 1. The van der Waals surface area contributed by atoms with Gasteiger partial charge in [0.25, 0.3) is 0 Å². The van der Waals surface area contributed by atoms with Crippen molar-refractivity contribution in [1.82, 2.24) is 15.3 Å². The van der Waals surface area contributed by atoms with Crippen molar-refractivity contribution in [2.45, 2.75) is 45.7 Å². The van der Waals surface area contributed by atoms with Crippen LogP contribution < -0.4 is 5.32 Å². The fourth-order valence-corrected chi connectivity index (χ4v) is 2.83. The first-order valence-corrected chi connectivity index (χ1v) is 7.59. The minimum atomic E-state index is 0.170. The normalized spacial score (nSPS) is 11.7. The Morgan fingerprint density at radius 3 is 2.84 bits per heavy atom. The maximum absolute atomic E-state index is 4.64. The van der Waals surface area contributed by atoms with E-state index in [2.05, 4.69) is 41.4 Å². The molecule has 102 valence electrons. The molecular formula is C15H21N3S. The van der Waals surface area contributed by atoms with Crippen LogP contribution in [0.4, 0.5) is 0 Å². The van der Waals surface area contributed by atoms with Gasteiger partial charge in [-0.15, -0.1) is 11.3 Å². The molecule has 2 aromatic rings. The summed E-state index contributed by atoms with van der Waals surface area (Å²) in [6.45, 7) is 7.51. The Hall–Kier alpha value is -1.26. The Balaban J connectivity index is 1.99. The van der Waals surface area contributed by atoms with Crippen LogP contribution in [0, 0.1) is 0 Å². The number of aromatic nitrogens is 2. The van der Waals surface area contributed by atoms with Crippen molar-refractivity contribution in [3.05, 3.63) is 35.5 Å². The van der Waals surface area contributed by atoms with Gasteiger partial charge in [-0.3, -0.25) is 4.98 Å². The molecule has 0 atom stereocenters. The molecule has 0 saturated carbocycles. The number of hydrogen-bond acceptors (Lipinski definition) is 4. The second-order valence-corrected chi connectivity index (χ2v) is 6.20. The van der Waals surface area contributed by atoms with Gasteiger partial charge in [0.1, 0.15) is 5.01 Å². The van der Waals surface area contributed by atoms with Crippen LogP contribution in [0.1, 0.15) is 39.3 Å². The third-order valence-corrected chi connectivity index (χ3v) is 3.97. The predicted octanol–water partition coefficient (Wildman–Crippen LogP) is 3.87. The number of nitrogens with zero attached hydrogens (tertiary/aromatic N) is 2. The van der Waals surface area contributed by atoms with Crippen LogP contribution in [-0.4, -0.2) is 15.5 Å². The summed E-state index contributed by atoms with van der Waals surface area (Å²) in [6.07, 6.45) is 4.17. The van der Waals surface area contributed by atoms with Crippen molar-refractivity contribution >= 4 is 11.3 Å². The molecule has 2 heterocycles. The van der Waals surface area contributed by atoms with Crippen LogP contribution in [-0.2, 0) is 6.54 Å². The van der Waals surface area contributed by atoms with Gasteiger partial charge in [0, 0.05) is 23.7 Å². The highest BCUT2D eigenvalue weighted by molar-refractivity contribution is 7.13. The molecule has 1 N–H and O–H groups in total. The van der Waals surface area contributed by atoms with Crippen LogP contribution in [0.5, 0.6) is 0 Å². The minimum Gasteiger partial charge on any atom is -0.306 e. The van der Waals surface area contributed by atoms with Crippen LogP contribution >= 0.6 is 11.3 Å². The Morgan fingerprint density at radius 1 is 1.32 bits per heavy atom. The maximum Gasteiger partial charge on any atom is 0.142 e. The highest BCUT2D eigenvalue weighted by atomic mass is 32.1. The highest BCUT2D eigenvalue weighted by Gasteiger charge is 2.16. The van der Waals surface area contributed by atoms with Crippen LogP contribution in [0.15, 0.2) is 29.8 Å². The fraction of sp³-hybridized carbons (Fsp3) is 0.467. The molecule has 0 saturated heterocycles. The molecule has 2 aromatic heterocycles. The highest BCUT2D eigenvalue weighted by Crippen LogP contribution is 2.21. The van der Waals surface area contributed by atoms with Gasteiger partial charge in [-0.25, -0.2) is 4.98 Å². The van der Waals surface area contributed by atoms with Gasteiger partial charge in [-0.2, -0.15) is 0 Å². The van der Waals surface area contributed by atoms with E-state index in [1.807, 2.05) is 18.2 Å². The SMILES string of the molecule is CCCC(C)(C)NCc1csc(-c2ccccn2)n1. The summed E-state index contributed by atoms with van der Waals surface area (Å²) in [7, 11) is 0. The van der Waals surface area contributed by atoms with Crippen molar-refractivity contribution in [3.63, 3.8) is 0 Å². The first-order chi connectivity index (χ1) is 9.11. The van der Waals surface area contributed by atoms with Crippen molar-refractivity contribution in [2.24, 2.45) is 0 Å². The lowest BCUT2D eigenvalue weighted by atomic mass is 9.99. The first-order valence-electron chi connectivity index (χ1n) is 6.71. The van der Waals surface area contributed by atoms with E-state index in [9.17, 15) is 0 Å². The Kier molecular flexibility index (Phi) is 4.66. The Bertz CT molecular complexity index is 505. The Labute approximate surface area is 119 Å². The third-order valence-electron chi connectivity index (χ3n) is 3.06. The molecular weight excluding hydrogens is 254 g/mol. The van der Waals surface area contributed by atoms with E-state index < -0.39 is 0 Å². The average molecular weight is 275 g/mol. The zero-order chi connectivity index (χ0) is 13.7. The number of pyridine rings is 1. The van der Waals surface area contributed by atoms with E-state index in [4.69, 9.17) is 0 Å². The maximum atomic E-state index is 4.64. The van der Waals surface area contributed by atoms with E-state index in [1.165, 1.54) is 12.8 Å². The lowest BCUT2D eigenvalue weighted by molar-refractivity contribution is 0.355. The second-order valence-electron chi connectivity index (χ2n) is 5.35. The topological polar surface area (TPSA) is 37.8 Å². The van der Waals surface area contributed by atoms with E-state index in [0.717, 1.165) is 22.9 Å². The zero-order valence-electron chi connectivity index (χ0n) is 11.8. The van der Waals surface area contributed by atoms with Crippen molar-refractivity contribution in [1.29, 1.82) is 0 Å². The summed E-state index contributed by atoms with van der Waals surface area (Å²) >= 11 is 1.65. The fourth-order valence-electron chi connectivity index (χ4n) is 2.04. The average Bonchev–Trinajstić information content (AvgIpc) is 2.86. The second kappa shape index (κ2) is 6.26. The monoisotopic (exact) mass is 275 g/mol. The number of nitrogens with one attached hydrogen (secondary N) is 1. The van der Waals surface area contributed by atoms with E-state index >= 15 is 0 Å². The first kappa shape index (κ1) is 14.2. The summed E-state index contributed by atoms with van der Waals surface area (Å²) in [5.41, 5.74) is 2.21. The van der Waals surface area contributed by atoms with E-state index in [-0.39, 0.29) is 5.54 Å². The number of rotatable bonds is 6. The van der Waals surface area contributed by atoms with Gasteiger partial charge in [-0.1, -0.05) is 19.4 Å². The molecule has 0 fully saturated rings.